The van der Waals surface area contributed by atoms with Gasteiger partial charge in [-0.1, -0.05) is 81.1 Å². The average molecular weight is 381 g/mol. The molecule has 0 aliphatic heterocycles. The zero-order valence-electron chi connectivity index (χ0n) is 17.0. The first-order valence-electron chi connectivity index (χ1n) is 11.7. The Hall–Kier alpha value is 0.860. The first-order chi connectivity index (χ1) is 12.2. The van der Waals surface area contributed by atoms with E-state index in [1.165, 1.54) is 0 Å². The van der Waals surface area contributed by atoms with E-state index in [1.807, 2.05) is 0 Å². The second-order valence-electron chi connectivity index (χ2n) is 10.1. The molecule has 4 aliphatic carbocycles. The Kier molecular flexibility index (Phi) is 6.51. The van der Waals surface area contributed by atoms with Crippen molar-refractivity contribution in [3.05, 3.63) is 0 Å². The summed E-state index contributed by atoms with van der Waals surface area (Å²) in [7, 11) is 0.502. The maximum atomic E-state index is 2.83. The van der Waals surface area contributed by atoms with E-state index in [2.05, 4.69) is 13.8 Å². The van der Waals surface area contributed by atoms with Crippen LogP contribution in [0, 0.1) is 0 Å². The summed E-state index contributed by atoms with van der Waals surface area (Å²) in [6.07, 6.45) is 25.2. The molecule has 25 heavy (non-hydrogen) atoms. The van der Waals surface area contributed by atoms with Gasteiger partial charge in [0.2, 0.25) is 0 Å². The van der Waals surface area contributed by atoms with E-state index < -0.39 is 0 Å². The highest BCUT2D eigenvalue weighted by Gasteiger charge is 2.50. The molecule has 0 amide bonds. The third-order valence-corrected chi connectivity index (χ3v) is 17.3. The van der Waals surface area contributed by atoms with Crippen molar-refractivity contribution in [3.8, 4) is 0 Å². The monoisotopic (exact) mass is 380 g/mol. The Morgan fingerprint density at radius 2 is 0.640 bits per heavy atom. The molecule has 0 saturated heterocycles. The van der Waals surface area contributed by atoms with Crippen molar-refractivity contribution < 1.29 is 0 Å². The number of rotatable bonds is 6. The largest absolute Gasteiger partial charge is 0.0900 e. The fourth-order valence-electron chi connectivity index (χ4n) is 7.25. The average Bonchev–Trinajstić information content (AvgIpc) is 3.38. The van der Waals surface area contributed by atoms with E-state index in [1.54, 1.807) is 103 Å². The molecule has 144 valence electrons. The number of hydrogen-bond acceptors (Lipinski definition) is 0. The van der Waals surface area contributed by atoms with Crippen LogP contribution in [-0.4, -0.2) is 27.5 Å². The molecule has 0 aromatic carbocycles. The van der Waals surface area contributed by atoms with Gasteiger partial charge in [0.1, 0.15) is 0 Å². The van der Waals surface area contributed by atoms with Crippen LogP contribution in [0.2, 0.25) is 0 Å². The van der Waals surface area contributed by atoms with Crippen LogP contribution in [0.15, 0.2) is 0 Å². The number of hydrogen-bond donors (Lipinski definition) is 0. The molecule has 4 fully saturated rings. The molecule has 0 unspecified atom stereocenters. The first-order valence-corrected chi connectivity index (χ1v) is 14.7. The fraction of sp³-hybridized carbons (Fsp3) is 1.00. The molecule has 0 atom stereocenters. The summed E-state index contributed by atoms with van der Waals surface area (Å²) in [4.78, 5) is 0.721. The Balaban J connectivity index is 1.62. The molecule has 0 spiro atoms. The van der Waals surface area contributed by atoms with E-state index in [4.69, 9.17) is 0 Å². The molecule has 2 heteroatoms. The van der Waals surface area contributed by atoms with E-state index in [0.29, 0.717) is 0 Å². The molecule has 4 rings (SSSR count). The van der Waals surface area contributed by atoms with Crippen molar-refractivity contribution >= 4 is 15.8 Å². The van der Waals surface area contributed by atoms with Crippen LogP contribution in [0.5, 0.6) is 0 Å². The lowest BCUT2D eigenvalue weighted by molar-refractivity contribution is 0.756. The van der Waals surface area contributed by atoms with Crippen LogP contribution in [0.25, 0.3) is 0 Å². The van der Waals surface area contributed by atoms with Gasteiger partial charge in [0.25, 0.3) is 0 Å². The van der Waals surface area contributed by atoms with Crippen LogP contribution in [0.3, 0.4) is 0 Å². The molecular formula is C23H42P2. The van der Waals surface area contributed by atoms with Gasteiger partial charge < -0.3 is 0 Å². The maximum Gasteiger partial charge on any atom is 0.00596 e. The molecule has 0 bridgehead atoms. The molecule has 0 N–H and O–H groups in total. The van der Waals surface area contributed by atoms with Crippen molar-refractivity contribution in [2.24, 2.45) is 0 Å². The second kappa shape index (κ2) is 8.48. The minimum absolute atomic E-state index is 0.251. The van der Waals surface area contributed by atoms with E-state index in [9.17, 15) is 0 Å². The smallest absolute Gasteiger partial charge is 0.00596 e. The zero-order valence-corrected chi connectivity index (χ0v) is 18.8. The molecule has 4 aliphatic rings. The third-order valence-electron chi connectivity index (χ3n) is 8.14. The molecular weight excluding hydrogens is 338 g/mol. The fourth-order valence-corrected chi connectivity index (χ4v) is 18.7. The van der Waals surface area contributed by atoms with Crippen LogP contribution in [-0.2, 0) is 0 Å². The minimum Gasteiger partial charge on any atom is -0.0900 e. The highest BCUT2D eigenvalue weighted by Crippen LogP contribution is 2.79. The molecule has 0 aromatic heterocycles. The Bertz CT molecular complexity index is 338. The maximum absolute atomic E-state index is 2.83. The minimum atomic E-state index is 0.251. The molecule has 0 heterocycles. The molecule has 0 radical (unpaired) electrons. The highest BCUT2D eigenvalue weighted by molar-refractivity contribution is 7.78. The van der Waals surface area contributed by atoms with Gasteiger partial charge in [0.05, 0.1) is 0 Å². The lowest BCUT2D eigenvalue weighted by atomic mass is 10.3. The van der Waals surface area contributed by atoms with E-state index >= 15 is 0 Å². The predicted octanol–water partition coefficient (Wildman–Crippen LogP) is 8.46. The lowest BCUT2D eigenvalue weighted by Gasteiger charge is -2.52. The van der Waals surface area contributed by atoms with Gasteiger partial charge in [0.15, 0.2) is 0 Å². The van der Waals surface area contributed by atoms with Crippen LogP contribution >= 0.6 is 15.8 Å². The second-order valence-corrected chi connectivity index (χ2v) is 17.2. The van der Waals surface area contributed by atoms with Crippen molar-refractivity contribution in [2.75, 3.05) is 0 Å². The van der Waals surface area contributed by atoms with E-state index in [-0.39, 0.29) is 15.8 Å². The summed E-state index contributed by atoms with van der Waals surface area (Å²) in [6.45, 7) is 5.66. The highest BCUT2D eigenvalue weighted by atomic mass is 31.2. The normalized spacial score (nSPS) is 28.3. The van der Waals surface area contributed by atoms with Gasteiger partial charge in [-0.15, -0.1) is 0 Å². The van der Waals surface area contributed by atoms with Crippen LogP contribution in [0.1, 0.15) is 117 Å². The Morgan fingerprint density at radius 1 is 0.440 bits per heavy atom. The summed E-state index contributed by atoms with van der Waals surface area (Å²) >= 11 is 0. The van der Waals surface area contributed by atoms with Crippen molar-refractivity contribution in [1.82, 2.24) is 0 Å². The summed E-state index contributed by atoms with van der Waals surface area (Å²) in [6, 6.07) is 0. The van der Waals surface area contributed by atoms with Gasteiger partial charge in [0, 0.05) is 4.90 Å². The van der Waals surface area contributed by atoms with Crippen LogP contribution in [0.4, 0.5) is 0 Å². The van der Waals surface area contributed by atoms with Crippen molar-refractivity contribution in [2.45, 2.75) is 144 Å². The SMILES string of the molecule is CC(C)(P(C1CCCC1)C1CCCC1)P(C1CCCC1)C1CCCC1. The van der Waals surface area contributed by atoms with Crippen molar-refractivity contribution in [3.63, 3.8) is 0 Å². The predicted molar refractivity (Wildman–Crippen MR) is 117 cm³/mol. The summed E-state index contributed by atoms with van der Waals surface area (Å²) in [5.74, 6) is 0. The Morgan fingerprint density at radius 3 is 0.840 bits per heavy atom. The molecule has 0 nitrogen and oxygen atoms in total. The van der Waals surface area contributed by atoms with Gasteiger partial charge in [-0.05, 0) is 74.0 Å². The van der Waals surface area contributed by atoms with Crippen LogP contribution < -0.4 is 0 Å². The lowest BCUT2D eigenvalue weighted by Crippen LogP contribution is -2.32. The molecule has 4 saturated carbocycles. The zero-order chi connectivity index (χ0) is 17.3. The van der Waals surface area contributed by atoms with Gasteiger partial charge in [-0.3, -0.25) is 0 Å². The van der Waals surface area contributed by atoms with E-state index in [0.717, 1.165) is 27.5 Å². The summed E-state index contributed by atoms with van der Waals surface area (Å²) in [5.41, 5.74) is 4.61. The first kappa shape index (κ1) is 19.2. The van der Waals surface area contributed by atoms with Gasteiger partial charge in [-0.25, -0.2) is 0 Å². The quantitative estimate of drug-likeness (QED) is 0.405. The topological polar surface area (TPSA) is 0 Å². The van der Waals surface area contributed by atoms with Gasteiger partial charge in [-0.2, -0.15) is 0 Å². The standard InChI is InChI=1S/C23H42P2/c1-23(2,24(19-11-3-4-12-19)20-13-5-6-14-20)25(21-15-7-8-16-21)22-17-9-10-18-22/h19-22H,3-18H2,1-2H3. The third kappa shape index (κ3) is 4.02. The van der Waals surface area contributed by atoms with Crippen molar-refractivity contribution in [1.29, 1.82) is 0 Å². The Labute approximate surface area is 160 Å². The molecule has 0 aromatic rings. The van der Waals surface area contributed by atoms with Gasteiger partial charge >= 0.3 is 0 Å². The summed E-state index contributed by atoms with van der Waals surface area (Å²) in [5, 5.41) is 0. The summed E-state index contributed by atoms with van der Waals surface area (Å²) < 4.78 is 0.